The van der Waals surface area contributed by atoms with Gasteiger partial charge in [-0.05, 0) is 48.6 Å². The van der Waals surface area contributed by atoms with Crippen molar-refractivity contribution in [3.05, 3.63) is 59.9 Å². The molecule has 3 rings (SSSR count). The van der Waals surface area contributed by atoms with Gasteiger partial charge in [-0.25, -0.2) is 4.39 Å². The van der Waals surface area contributed by atoms with Gasteiger partial charge in [0.25, 0.3) is 0 Å². The van der Waals surface area contributed by atoms with Gasteiger partial charge >= 0.3 is 0 Å². The second kappa shape index (κ2) is 8.70. The van der Waals surface area contributed by atoms with Crippen LogP contribution in [0, 0.1) is 11.7 Å². The minimum absolute atomic E-state index is 0.142. The molecule has 1 saturated heterocycles. The molecule has 0 atom stereocenters. The Balaban J connectivity index is 1.44. The summed E-state index contributed by atoms with van der Waals surface area (Å²) in [6, 6.07) is 14.0. The number of piperidine rings is 1. The number of rotatable bonds is 6. The van der Waals surface area contributed by atoms with E-state index in [1.165, 1.54) is 6.07 Å². The van der Waals surface area contributed by atoms with Crippen molar-refractivity contribution in [2.75, 3.05) is 26.8 Å². The lowest BCUT2D eigenvalue weighted by Crippen LogP contribution is -2.40. The van der Waals surface area contributed by atoms with Crippen LogP contribution in [0.4, 0.5) is 4.39 Å². The third-order valence-electron chi connectivity index (χ3n) is 4.79. The first kappa shape index (κ1) is 18.2. The highest BCUT2D eigenvalue weighted by atomic mass is 19.1. The number of halogens is 1. The van der Waals surface area contributed by atoms with Crippen molar-refractivity contribution in [1.82, 2.24) is 4.90 Å². The molecule has 138 valence electrons. The van der Waals surface area contributed by atoms with E-state index in [1.807, 2.05) is 29.2 Å². The molecule has 0 spiro atoms. The maximum absolute atomic E-state index is 13.6. The molecular weight excluding hydrogens is 333 g/mol. The van der Waals surface area contributed by atoms with E-state index in [-0.39, 0.29) is 11.7 Å². The average Bonchev–Trinajstić information content (AvgIpc) is 2.68. The molecular formula is C21H24FNO3. The van der Waals surface area contributed by atoms with E-state index in [1.54, 1.807) is 25.3 Å². The minimum Gasteiger partial charge on any atom is -0.497 e. The van der Waals surface area contributed by atoms with Gasteiger partial charge in [0, 0.05) is 13.1 Å². The van der Waals surface area contributed by atoms with Crippen LogP contribution < -0.4 is 9.47 Å². The average molecular weight is 357 g/mol. The Kier molecular flexibility index (Phi) is 6.10. The van der Waals surface area contributed by atoms with Gasteiger partial charge < -0.3 is 14.4 Å². The Morgan fingerprint density at radius 2 is 1.81 bits per heavy atom. The first-order valence-corrected chi connectivity index (χ1v) is 8.93. The van der Waals surface area contributed by atoms with Crippen molar-refractivity contribution in [3.8, 4) is 11.5 Å². The van der Waals surface area contributed by atoms with E-state index in [2.05, 4.69) is 0 Å². The van der Waals surface area contributed by atoms with Crippen molar-refractivity contribution in [2.24, 2.45) is 5.92 Å². The van der Waals surface area contributed by atoms with E-state index in [0.29, 0.717) is 24.7 Å². The molecule has 2 aromatic carbocycles. The summed E-state index contributed by atoms with van der Waals surface area (Å²) < 4.78 is 24.3. The Labute approximate surface area is 153 Å². The van der Waals surface area contributed by atoms with Crippen LogP contribution in [0.15, 0.2) is 48.5 Å². The Hall–Kier alpha value is -2.56. The number of para-hydroxylation sites is 1. The van der Waals surface area contributed by atoms with Gasteiger partial charge in [-0.15, -0.1) is 0 Å². The summed E-state index contributed by atoms with van der Waals surface area (Å²) in [5, 5.41) is 0. The van der Waals surface area contributed by atoms with E-state index in [9.17, 15) is 9.18 Å². The molecule has 1 fully saturated rings. The Morgan fingerprint density at radius 3 is 2.46 bits per heavy atom. The molecule has 1 heterocycles. The molecule has 2 aromatic rings. The molecule has 0 N–H and O–H groups in total. The molecule has 0 unspecified atom stereocenters. The predicted molar refractivity (Wildman–Crippen MR) is 97.9 cm³/mol. The number of amides is 1. The number of hydrogen-bond donors (Lipinski definition) is 0. The van der Waals surface area contributed by atoms with Crippen molar-refractivity contribution in [1.29, 1.82) is 0 Å². The van der Waals surface area contributed by atoms with E-state index in [4.69, 9.17) is 9.47 Å². The first-order valence-electron chi connectivity index (χ1n) is 8.93. The molecule has 26 heavy (non-hydrogen) atoms. The van der Waals surface area contributed by atoms with Gasteiger partial charge in [-0.2, -0.15) is 0 Å². The number of carbonyl (C=O) groups excluding carboxylic acids is 1. The lowest BCUT2D eigenvalue weighted by Gasteiger charge is -2.32. The van der Waals surface area contributed by atoms with Gasteiger partial charge in [0.15, 0.2) is 11.6 Å². The second-order valence-corrected chi connectivity index (χ2v) is 6.59. The minimum atomic E-state index is -0.334. The highest BCUT2D eigenvalue weighted by Gasteiger charge is 2.23. The van der Waals surface area contributed by atoms with Gasteiger partial charge in [-0.1, -0.05) is 24.3 Å². The summed E-state index contributed by atoms with van der Waals surface area (Å²) >= 11 is 0. The monoisotopic (exact) mass is 357 g/mol. The number of carbonyl (C=O) groups is 1. The normalized spacial score (nSPS) is 14.9. The lowest BCUT2D eigenvalue weighted by molar-refractivity contribution is -0.132. The predicted octanol–water partition coefficient (Wildman–Crippen LogP) is 3.69. The quantitative estimate of drug-likeness (QED) is 0.791. The highest BCUT2D eigenvalue weighted by Crippen LogP contribution is 2.22. The van der Waals surface area contributed by atoms with Crippen LogP contribution in [0.5, 0.6) is 11.5 Å². The number of benzene rings is 2. The van der Waals surface area contributed by atoms with Crippen molar-refractivity contribution < 1.29 is 18.7 Å². The molecule has 1 aliphatic rings. The third-order valence-corrected chi connectivity index (χ3v) is 4.79. The molecule has 4 nitrogen and oxygen atoms in total. The highest BCUT2D eigenvalue weighted by molar-refractivity contribution is 5.78. The topological polar surface area (TPSA) is 38.8 Å². The number of hydrogen-bond acceptors (Lipinski definition) is 3. The summed E-state index contributed by atoms with van der Waals surface area (Å²) in [7, 11) is 1.63. The molecule has 1 amide bonds. The van der Waals surface area contributed by atoms with Crippen LogP contribution >= 0.6 is 0 Å². The van der Waals surface area contributed by atoms with Crippen LogP contribution in [0.2, 0.25) is 0 Å². The zero-order valence-electron chi connectivity index (χ0n) is 15.0. The zero-order valence-corrected chi connectivity index (χ0v) is 15.0. The third kappa shape index (κ3) is 4.75. The van der Waals surface area contributed by atoms with Crippen LogP contribution in [-0.4, -0.2) is 37.6 Å². The van der Waals surface area contributed by atoms with Crippen LogP contribution in [0.25, 0.3) is 0 Å². The number of ether oxygens (including phenoxy) is 2. The Bertz CT molecular complexity index is 724. The second-order valence-electron chi connectivity index (χ2n) is 6.59. The number of nitrogens with zero attached hydrogens (tertiary/aromatic N) is 1. The Morgan fingerprint density at radius 1 is 1.12 bits per heavy atom. The van der Waals surface area contributed by atoms with Crippen molar-refractivity contribution in [3.63, 3.8) is 0 Å². The van der Waals surface area contributed by atoms with Gasteiger partial charge in [-0.3, -0.25) is 4.79 Å². The van der Waals surface area contributed by atoms with Crippen LogP contribution in [0.1, 0.15) is 18.4 Å². The maximum atomic E-state index is 13.6. The summed E-state index contributed by atoms with van der Waals surface area (Å²) in [6.07, 6.45) is 2.16. The standard InChI is InChI=1S/C21H24FNO3/c1-25-18-8-6-16(7-9-18)14-21(24)23-12-10-17(11-13-23)15-26-20-5-3-2-4-19(20)22/h2-9,17H,10-15H2,1H3. The van der Waals surface area contributed by atoms with E-state index in [0.717, 1.165) is 37.2 Å². The number of likely N-dealkylation sites (tertiary alicyclic amines) is 1. The first-order chi connectivity index (χ1) is 12.7. The molecule has 1 aliphatic heterocycles. The van der Waals surface area contributed by atoms with E-state index >= 15 is 0 Å². The summed E-state index contributed by atoms with van der Waals surface area (Å²) in [4.78, 5) is 14.4. The molecule has 0 saturated carbocycles. The fourth-order valence-corrected chi connectivity index (χ4v) is 3.15. The zero-order chi connectivity index (χ0) is 18.4. The fourth-order valence-electron chi connectivity index (χ4n) is 3.15. The largest absolute Gasteiger partial charge is 0.497 e. The van der Waals surface area contributed by atoms with E-state index < -0.39 is 0 Å². The van der Waals surface area contributed by atoms with Crippen molar-refractivity contribution in [2.45, 2.75) is 19.3 Å². The number of methoxy groups -OCH3 is 1. The summed E-state index contributed by atoms with van der Waals surface area (Å²) in [5.74, 6) is 1.24. The smallest absolute Gasteiger partial charge is 0.226 e. The molecule has 0 radical (unpaired) electrons. The molecule has 0 aliphatic carbocycles. The fraction of sp³-hybridized carbons (Fsp3) is 0.381. The van der Waals surface area contributed by atoms with Gasteiger partial charge in [0.2, 0.25) is 5.91 Å². The van der Waals surface area contributed by atoms with Crippen LogP contribution in [-0.2, 0) is 11.2 Å². The molecule has 0 bridgehead atoms. The van der Waals surface area contributed by atoms with Crippen molar-refractivity contribution >= 4 is 5.91 Å². The van der Waals surface area contributed by atoms with Gasteiger partial charge in [0.1, 0.15) is 5.75 Å². The summed E-state index contributed by atoms with van der Waals surface area (Å²) in [5.41, 5.74) is 0.987. The lowest BCUT2D eigenvalue weighted by atomic mass is 9.97. The van der Waals surface area contributed by atoms with Crippen LogP contribution in [0.3, 0.4) is 0 Å². The SMILES string of the molecule is COc1ccc(CC(=O)N2CCC(COc3ccccc3F)CC2)cc1. The molecule has 0 aromatic heterocycles. The maximum Gasteiger partial charge on any atom is 0.226 e. The molecule has 5 heteroatoms. The summed E-state index contributed by atoms with van der Waals surface area (Å²) in [6.45, 7) is 1.93. The van der Waals surface area contributed by atoms with Gasteiger partial charge in [0.05, 0.1) is 20.1 Å².